The Labute approximate surface area is 143 Å². The third-order valence-corrected chi connectivity index (χ3v) is 3.92. The number of nitrogens with two attached hydrogens (primary N) is 1. The molecule has 0 fully saturated rings. The van der Waals surface area contributed by atoms with E-state index in [4.69, 9.17) is 22.6 Å². The molecule has 0 atom stereocenters. The highest BCUT2D eigenvalue weighted by molar-refractivity contribution is 9.10. The van der Waals surface area contributed by atoms with Crippen molar-refractivity contribution in [1.82, 2.24) is 4.57 Å². The number of nitrogen functional groups attached to an aromatic ring is 1. The number of carbonyl (C=O) groups excluding carboxylic acids is 1. The number of benzene rings is 1. The summed E-state index contributed by atoms with van der Waals surface area (Å²) in [6.45, 7) is 0. The Morgan fingerprint density at radius 2 is 2.13 bits per heavy atom. The van der Waals surface area contributed by atoms with Crippen LogP contribution >= 0.6 is 27.5 Å². The second-order valence-corrected chi connectivity index (χ2v) is 5.53. The molecule has 0 spiro atoms. The summed E-state index contributed by atoms with van der Waals surface area (Å²) in [6.07, 6.45) is 1.22. The average Bonchev–Trinajstić information content (AvgIpc) is 2.86. The lowest BCUT2D eigenvalue weighted by molar-refractivity contribution is 0.0593. The monoisotopic (exact) mass is 396 g/mol. The molecule has 6 nitrogen and oxygen atoms in total. The molecule has 1 heterocycles. The molecule has 0 amide bonds. The van der Waals surface area contributed by atoms with Crippen molar-refractivity contribution >= 4 is 39.2 Å². The van der Waals surface area contributed by atoms with Crippen LogP contribution in [0.25, 0.3) is 5.69 Å². The van der Waals surface area contributed by atoms with Crippen molar-refractivity contribution in [2.24, 2.45) is 0 Å². The summed E-state index contributed by atoms with van der Waals surface area (Å²) in [4.78, 5) is 12.0. The Morgan fingerprint density at radius 1 is 1.48 bits per heavy atom. The lowest BCUT2D eigenvalue weighted by Gasteiger charge is -2.13. The number of ether oxygens (including phenoxy) is 1. The van der Waals surface area contributed by atoms with Gasteiger partial charge >= 0.3 is 5.97 Å². The Kier molecular flexibility index (Phi) is 4.60. The zero-order chi connectivity index (χ0) is 17.3. The van der Waals surface area contributed by atoms with Gasteiger partial charge in [-0.05, 0) is 22.0 Å². The maximum absolute atomic E-state index is 14.1. The lowest BCUT2D eigenvalue weighted by Crippen LogP contribution is -2.13. The van der Waals surface area contributed by atoms with Gasteiger partial charge < -0.3 is 15.0 Å². The lowest BCUT2D eigenvalue weighted by atomic mass is 10.1. The van der Waals surface area contributed by atoms with E-state index in [0.717, 1.165) is 11.7 Å². The first-order valence-corrected chi connectivity index (χ1v) is 7.11. The molecule has 2 aromatic rings. The van der Waals surface area contributed by atoms with Crippen molar-refractivity contribution in [3.05, 3.63) is 44.4 Å². The SMILES string of the molecule is COC(=O)c1c(N)c(C#N)cn1-c1c(Br)cc(Cl)c(F)c1C#N. The zero-order valence-electron chi connectivity index (χ0n) is 11.5. The van der Waals surface area contributed by atoms with Gasteiger partial charge in [-0.2, -0.15) is 10.5 Å². The average molecular weight is 398 g/mol. The van der Waals surface area contributed by atoms with E-state index in [1.165, 1.54) is 12.3 Å². The summed E-state index contributed by atoms with van der Waals surface area (Å²) in [5.74, 6) is -1.79. The molecule has 23 heavy (non-hydrogen) atoms. The van der Waals surface area contributed by atoms with Crippen molar-refractivity contribution in [3.8, 4) is 17.8 Å². The fourth-order valence-electron chi connectivity index (χ4n) is 2.01. The van der Waals surface area contributed by atoms with E-state index in [0.29, 0.717) is 0 Å². The molecule has 9 heteroatoms. The third kappa shape index (κ3) is 2.63. The molecule has 0 aliphatic heterocycles. The van der Waals surface area contributed by atoms with Crippen LogP contribution < -0.4 is 5.73 Å². The highest BCUT2D eigenvalue weighted by Gasteiger charge is 2.26. The number of hydrogen-bond donors (Lipinski definition) is 1. The van der Waals surface area contributed by atoms with Gasteiger partial charge in [-0.1, -0.05) is 11.6 Å². The first-order valence-electron chi connectivity index (χ1n) is 5.94. The maximum atomic E-state index is 14.1. The van der Waals surface area contributed by atoms with Crippen molar-refractivity contribution < 1.29 is 13.9 Å². The summed E-state index contributed by atoms with van der Waals surface area (Å²) in [5, 5.41) is 18.1. The molecule has 1 aromatic heterocycles. The van der Waals surface area contributed by atoms with Gasteiger partial charge in [-0.3, -0.25) is 0 Å². The minimum absolute atomic E-state index is 0.0111. The van der Waals surface area contributed by atoms with Crippen molar-refractivity contribution in [2.75, 3.05) is 12.8 Å². The molecule has 0 bridgehead atoms. The topological polar surface area (TPSA) is 105 Å². The van der Waals surface area contributed by atoms with E-state index in [1.807, 2.05) is 6.07 Å². The fraction of sp³-hybridized carbons (Fsp3) is 0.0714. The van der Waals surface area contributed by atoms with Gasteiger partial charge in [0.25, 0.3) is 0 Å². The van der Waals surface area contributed by atoms with Gasteiger partial charge in [0.15, 0.2) is 11.5 Å². The van der Waals surface area contributed by atoms with Crippen LogP contribution in [0.15, 0.2) is 16.7 Å². The van der Waals surface area contributed by atoms with Crippen LogP contribution in [0.5, 0.6) is 0 Å². The number of esters is 1. The third-order valence-electron chi connectivity index (χ3n) is 3.04. The second-order valence-electron chi connectivity index (χ2n) is 4.27. The summed E-state index contributed by atoms with van der Waals surface area (Å²) in [7, 11) is 1.13. The summed E-state index contributed by atoms with van der Waals surface area (Å²) >= 11 is 8.89. The molecule has 2 N–H and O–H groups in total. The van der Waals surface area contributed by atoms with Crippen molar-refractivity contribution in [3.63, 3.8) is 0 Å². The Hall–Kier alpha value is -2.55. The summed E-state index contributed by atoms with van der Waals surface area (Å²) < 4.78 is 20.1. The van der Waals surface area contributed by atoms with Crippen LogP contribution in [-0.4, -0.2) is 17.6 Å². The number of methoxy groups -OCH3 is 1. The molecule has 2 rings (SSSR count). The quantitative estimate of drug-likeness (QED) is 0.619. The Morgan fingerprint density at radius 3 is 2.65 bits per heavy atom. The number of halogens is 3. The second kappa shape index (κ2) is 6.29. The normalized spacial score (nSPS) is 10.0. The van der Waals surface area contributed by atoms with Crippen LogP contribution in [0, 0.1) is 28.5 Å². The molecule has 0 aliphatic rings. The van der Waals surface area contributed by atoms with Crippen LogP contribution in [0.4, 0.5) is 10.1 Å². The molecular weight excluding hydrogens is 391 g/mol. The van der Waals surface area contributed by atoms with E-state index >= 15 is 0 Å². The number of aromatic nitrogens is 1. The molecule has 0 unspecified atom stereocenters. The van der Waals surface area contributed by atoms with E-state index in [-0.39, 0.29) is 32.1 Å². The first-order chi connectivity index (χ1) is 10.9. The van der Waals surface area contributed by atoms with E-state index in [9.17, 15) is 14.4 Å². The predicted molar refractivity (Wildman–Crippen MR) is 83.6 cm³/mol. The number of nitrogens with zero attached hydrogens (tertiary/aromatic N) is 3. The van der Waals surface area contributed by atoms with Gasteiger partial charge in [0, 0.05) is 10.7 Å². The number of rotatable bonds is 2. The summed E-state index contributed by atoms with van der Waals surface area (Å²) in [5.41, 5.74) is 5.01. The molecule has 0 saturated carbocycles. The van der Waals surface area contributed by atoms with Gasteiger partial charge in [-0.25, -0.2) is 9.18 Å². The molecule has 0 aliphatic carbocycles. The van der Waals surface area contributed by atoms with Crippen molar-refractivity contribution in [2.45, 2.75) is 0 Å². The largest absolute Gasteiger partial charge is 0.464 e. The maximum Gasteiger partial charge on any atom is 0.357 e. The Bertz CT molecular complexity index is 911. The van der Waals surface area contributed by atoms with E-state index < -0.39 is 17.3 Å². The highest BCUT2D eigenvalue weighted by Crippen LogP contribution is 2.35. The van der Waals surface area contributed by atoms with Gasteiger partial charge in [-0.15, -0.1) is 0 Å². The van der Waals surface area contributed by atoms with Gasteiger partial charge in [0.1, 0.15) is 17.7 Å². The predicted octanol–water partition coefficient (Wildman–Crippen LogP) is 3.14. The molecule has 1 aromatic carbocycles. The van der Waals surface area contributed by atoms with Crippen molar-refractivity contribution in [1.29, 1.82) is 10.5 Å². The van der Waals surface area contributed by atoms with Crippen LogP contribution in [0.3, 0.4) is 0 Å². The zero-order valence-corrected chi connectivity index (χ0v) is 13.9. The number of carbonyl (C=O) groups is 1. The Balaban J connectivity index is 2.95. The minimum atomic E-state index is -0.950. The fourth-order valence-corrected chi connectivity index (χ4v) is 2.97. The first kappa shape index (κ1) is 16.8. The summed E-state index contributed by atoms with van der Waals surface area (Å²) in [6, 6.07) is 4.74. The van der Waals surface area contributed by atoms with Gasteiger partial charge in [0.2, 0.25) is 0 Å². The molecule has 0 radical (unpaired) electrons. The smallest absolute Gasteiger partial charge is 0.357 e. The number of hydrogen-bond acceptors (Lipinski definition) is 5. The number of nitriles is 2. The van der Waals surface area contributed by atoms with Crippen LogP contribution in [0.1, 0.15) is 21.6 Å². The molecule has 0 saturated heterocycles. The van der Waals surface area contributed by atoms with Crippen LogP contribution in [0.2, 0.25) is 5.02 Å². The minimum Gasteiger partial charge on any atom is -0.464 e. The number of anilines is 1. The highest BCUT2D eigenvalue weighted by atomic mass is 79.9. The van der Waals surface area contributed by atoms with Crippen LogP contribution in [-0.2, 0) is 4.74 Å². The van der Waals surface area contributed by atoms with E-state index in [1.54, 1.807) is 6.07 Å². The van der Waals surface area contributed by atoms with E-state index in [2.05, 4.69) is 20.7 Å². The van der Waals surface area contributed by atoms with Gasteiger partial charge in [0.05, 0.1) is 29.1 Å². The molecular formula is C14H7BrClFN4O2. The standard InChI is InChI=1S/C14H7BrClFN4O2/c1-23-14(22)13-11(20)6(3-18)5-21(13)12-7(4-19)10(17)9(16)2-8(12)15/h2,5H,20H2,1H3. The molecule has 116 valence electrons.